The summed E-state index contributed by atoms with van der Waals surface area (Å²) < 4.78 is 0. The first-order chi connectivity index (χ1) is 5.79. The molecule has 0 amide bonds. The fourth-order valence-corrected chi connectivity index (χ4v) is 1.95. The molecule has 1 saturated heterocycles. The first-order valence-electron chi connectivity index (χ1n) is 4.92. The van der Waals surface area contributed by atoms with Crippen molar-refractivity contribution in [2.75, 3.05) is 26.2 Å². The molecule has 12 heavy (non-hydrogen) atoms. The van der Waals surface area contributed by atoms with Gasteiger partial charge in [-0.15, -0.1) is 0 Å². The SMILES string of the molecule is CCN(CC)[C@@H]1CCNC[C@H]1O. The summed E-state index contributed by atoms with van der Waals surface area (Å²) >= 11 is 0. The summed E-state index contributed by atoms with van der Waals surface area (Å²) in [5.41, 5.74) is 0. The number of aliphatic hydroxyl groups is 1. The highest BCUT2D eigenvalue weighted by molar-refractivity contribution is 4.84. The van der Waals surface area contributed by atoms with E-state index < -0.39 is 0 Å². The third-order valence-corrected chi connectivity index (χ3v) is 2.70. The van der Waals surface area contributed by atoms with Crippen LogP contribution in [0.15, 0.2) is 0 Å². The molecule has 2 N–H and O–H groups in total. The van der Waals surface area contributed by atoms with Crippen LogP contribution < -0.4 is 5.32 Å². The molecule has 0 unspecified atom stereocenters. The van der Waals surface area contributed by atoms with Gasteiger partial charge in [0.15, 0.2) is 0 Å². The van der Waals surface area contributed by atoms with E-state index in [1.165, 1.54) is 0 Å². The van der Waals surface area contributed by atoms with Gasteiger partial charge in [-0.3, -0.25) is 4.90 Å². The van der Waals surface area contributed by atoms with Crippen molar-refractivity contribution in [2.45, 2.75) is 32.4 Å². The topological polar surface area (TPSA) is 35.5 Å². The molecule has 1 aliphatic rings. The van der Waals surface area contributed by atoms with E-state index in [9.17, 15) is 5.11 Å². The zero-order valence-corrected chi connectivity index (χ0v) is 8.08. The summed E-state index contributed by atoms with van der Waals surface area (Å²) in [6.07, 6.45) is 0.890. The Bertz CT molecular complexity index is 126. The minimum atomic E-state index is -0.182. The molecule has 0 aliphatic carbocycles. The molecule has 0 aromatic rings. The van der Waals surface area contributed by atoms with Gasteiger partial charge in [-0.1, -0.05) is 13.8 Å². The lowest BCUT2D eigenvalue weighted by molar-refractivity contribution is 0.0341. The summed E-state index contributed by atoms with van der Waals surface area (Å²) in [5, 5.41) is 12.9. The minimum Gasteiger partial charge on any atom is -0.390 e. The number of β-amino-alcohol motifs (C(OH)–C–C–N with tert-alkyl or cyclic N) is 1. The standard InChI is InChI=1S/C9H20N2O/c1-3-11(4-2)8-5-6-10-7-9(8)12/h8-10,12H,3-7H2,1-2H3/t8-,9-/m1/s1. The highest BCUT2D eigenvalue weighted by Crippen LogP contribution is 2.11. The van der Waals surface area contributed by atoms with Gasteiger partial charge in [-0.05, 0) is 26.1 Å². The van der Waals surface area contributed by atoms with Gasteiger partial charge >= 0.3 is 0 Å². The van der Waals surface area contributed by atoms with Crippen LogP contribution in [-0.4, -0.2) is 48.3 Å². The van der Waals surface area contributed by atoms with Gasteiger partial charge < -0.3 is 10.4 Å². The van der Waals surface area contributed by atoms with Crippen molar-refractivity contribution in [3.8, 4) is 0 Å². The van der Waals surface area contributed by atoms with E-state index in [2.05, 4.69) is 24.1 Å². The zero-order chi connectivity index (χ0) is 8.97. The lowest BCUT2D eigenvalue weighted by Crippen LogP contribution is -2.52. The lowest BCUT2D eigenvalue weighted by Gasteiger charge is -2.36. The molecule has 3 heteroatoms. The molecule has 0 spiro atoms. The molecule has 0 saturated carbocycles. The second kappa shape index (κ2) is 4.80. The number of nitrogens with one attached hydrogen (secondary N) is 1. The van der Waals surface area contributed by atoms with E-state index in [0.29, 0.717) is 6.04 Å². The van der Waals surface area contributed by atoms with Gasteiger partial charge in [-0.2, -0.15) is 0 Å². The summed E-state index contributed by atoms with van der Waals surface area (Å²) in [6.45, 7) is 8.17. The third kappa shape index (κ3) is 2.19. The van der Waals surface area contributed by atoms with Crippen LogP contribution in [-0.2, 0) is 0 Å². The molecule has 0 aromatic carbocycles. The number of aliphatic hydroxyl groups excluding tert-OH is 1. The van der Waals surface area contributed by atoms with Gasteiger partial charge in [0.2, 0.25) is 0 Å². The Labute approximate surface area is 74.8 Å². The predicted octanol–water partition coefficient (Wildman–Crippen LogP) is 0.0510. The van der Waals surface area contributed by atoms with Crippen LogP contribution in [0.2, 0.25) is 0 Å². The van der Waals surface area contributed by atoms with E-state index in [4.69, 9.17) is 0 Å². The largest absolute Gasteiger partial charge is 0.390 e. The molecule has 3 nitrogen and oxygen atoms in total. The maximum absolute atomic E-state index is 9.70. The van der Waals surface area contributed by atoms with Gasteiger partial charge in [0.25, 0.3) is 0 Å². The highest BCUT2D eigenvalue weighted by Gasteiger charge is 2.26. The van der Waals surface area contributed by atoms with E-state index >= 15 is 0 Å². The van der Waals surface area contributed by atoms with Crippen molar-refractivity contribution in [3.05, 3.63) is 0 Å². The zero-order valence-electron chi connectivity index (χ0n) is 8.08. The minimum absolute atomic E-state index is 0.182. The average molecular weight is 172 g/mol. The molecule has 2 atom stereocenters. The monoisotopic (exact) mass is 172 g/mol. The number of rotatable bonds is 3. The number of piperidine rings is 1. The number of hydrogen-bond acceptors (Lipinski definition) is 3. The molecule has 0 aromatic heterocycles. The highest BCUT2D eigenvalue weighted by atomic mass is 16.3. The number of likely N-dealkylation sites (N-methyl/N-ethyl adjacent to an activating group) is 1. The summed E-state index contributed by atoms with van der Waals surface area (Å²) in [4.78, 5) is 2.34. The summed E-state index contributed by atoms with van der Waals surface area (Å²) in [6, 6.07) is 0.376. The van der Waals surface area contributed by atoms with Gasteiger partial charge in [0, 0.05) is 12.6 Å². The van der Waals surface area contributed by atoms with E-state index in [1.54, 1.807) is 0 Å². The van der Waals surface area contributed by atoms with Gasteiger partial charge in [0.1, 0.15) is 0 Å². The summed E-state index contributed by atoms with van der Waals surface area (Å²) in [5.74, 6) is 0. The molecule has 72 valence electrons. The van der Waals surface area contributed by atoms with E-state index in [1.807, 2.05) is 0 Å². The Morgan fingerprint density at radius 3 is 2.58 bits per heavy atom. The number of nitrogens with zero attached hydrogens (tertiary/aromatic N) is 1. The number of hydrogen-bond donors (Lipinski definition) is 2. The lowest BCUT2D eigenvalue weighted by atomic mass is 10.0. The van der Waals surface area contributed by atoms with Crippen molar-refractivity contribution in [1.82, 2.24) is 10.2 Å². The Balaban J connectivity index is 2.45. The normalized spacial score (nSPS) is 31.0. The second-order valence-corrected chi connectivity index (χ2v) is 3.35. The van der Waals surface area contributed by atoms with Crippen LogP contribution in [0, 0.1) is 0 Å². The molecular formula is C9H20N2O. The maximum atomic E-state index is 9.70. The van der Waals surface area contributed by atoms with Crippen molar-refractivity contribution in [2.24, 2.45) is 0 Å². The molecular weight excluding hydrogens is 152 g/mol. The van der Waals surface area contributed by atoms with E-state index in [0.717, 1.165) is 32.6 Å². The van der Waals surface area contributed by atoms with E-state index in [-0.39, 0.29) is 6.10 Å². The van der Waals surface area contributed by atoms with Crippen LogP contribution in [0.25, 0.3) is 0 Å². The van der Waals surface area contributed by atoms with Crippen LogP contribution in [0.4, 0.5) is 0 Å². The predicted molar refractivity (Wildman–Crippen MR) is 50.2 cm³/mol. The van der Waals surface area contributed by atoms with Crippen LogP contribution >= 0.6 is 0 Å². The molecule has 1 aliphatic heterocycles. The van der Waals surface area contributed by atoms with Crippen molar-refractivity contribution < 1.29 is 5.11 Å². The molecule has 1 fully saturated rings. The second-order valence-electron chi connectivity index (χ2n) is 3.35. The summed E-state index contributed by atoms with van der Waals surface area (Å²) in [7, 11) is 0. The van der Waals surface area contributed by atoms with Crippen LogP contribution in [0.5, 0.6) is 0 Å². The Morgan fingerprint density at radius 1 is 1.42 bits per heavy atom. The molecule has 0 bridgehead atoms. The smallest absolute Gasteiger partial charge is 0.0819 e. The Morgan fingerprint density at radius 2 is 2.08 bits per heavy atom. The molecule has 0 radical (unpaired) electrons. The van der Waals surface area contributed by atoms with Gasteiger partial charge in [-0.25, -0.2) is 0 Å². The fourth-order valence-electron chi connectivity index (χ4n) is 1.95. The molecule has 1 heterocycles. The first kappa shape index (κ1) is 9.96. The maximum Gasteiger partial charge on any atom is 0.0819 e. The van der Waals surface area contributed by atoms with Crippen molar-refractivity contribution in [1.29, 1.82) is 0 Å². The Hall–Kier alpha value is -0.120. The average Bonchev–Trinajstić information content (AvgIpc) is 2.10. The molecule has 1 rings (SSSR count). The Kier molecular flexibility index (Phi) is 3.98. The first-order valence-corrected chi connectivity index (χ1v) is 4.92. The van der Waals surface area contributed by atoms with Crippen LogP contribution in [0.1, 0.15) is 20.3 Å². The van der Waals surface area contributed by atoms with Crippen LogP contribution in [0.3, 0.4) is 0 Å². The fraction of sp³-hybridized carbons (Fsp3) is 1.00. The quantitative estimate of drug-likeness (QED) is 0.631. The van der Waals surface area contributed by atoms with Crippen molar-refractivity contribution in [3.63, 3.8) is 0 Å². The van der Waals surface area contributed by atoms with Gasteiger partial charge in [0.05, 0.1) is 6.10 Å². The van der Waals surface area contributed by atoms with Crippen molar-refractivity contribution >= 4 is 0 Å². The third-order valence-electron chi connectivity index (χ3n) is 2.70.